The van der Waals surface area contributed by atoms with E-state index in [9.17, 15) is 0 Å². The predicted octanol–water partition coefficient (Wildman–Crippen LogP) is 0.885. The van der Waals surface area contributed by atoms with E-state index in [2.05, 4.69) is 43.1 Å². The maximum atomic E-state index is 5.03. The van der Waals surface area contributed by atoms with Gasteiger partial charge < -0.3 is 15.0 Å². The molecule has 0 aromatic heterocycles. The van der Waals surface area contributed by atoms with E-state index in [1.807, 2.05) is 0 Å². The zero-order chi connectivity index (χ0) is 13.1. The molecular weight excluding hydrogens is 214 g/mol. The third-order valence-electron chi connectivity index (χ3n) is 2.89. The van der Waals surface area contributed by atoms with E-state index in [1.165, 1.54) is 13.0 Å². The van der Waals surface area contributed by atoms with Crippen molar-refractivity contribution in [3.63, 3.8) is 0 Å². The maximum absolute atomic E-state index is 5.03. The third kappa shape index (κ3) is 9.53. The third-order valence-corrected chi connectivity index (χ3v) is 2.89. The zero-order valence-electron chi connectivity index (χ0n) is 12.3. The molecule has 0 heterocycles. The second-order valence-corrected chi connectivity index (χ2v) is 4.89. The summed E-state index contributed by atoms with van der Waals surface area (Å²) in [6, 6.07) is 0.590. The van der Waals surface area contributed by atoms with Crippen LogP contribution in [-0.4, -0.2) is 76.4 Å². The van der Waals surface area contributed by atoms with Gasteiger partial charge in [0.15, 0.2) is 0 Å². The van der Waals surface area contributed by atoms with E-state index in [1.54, 1.807) is 7.11 Å². The highest BCUT2D eigenvalue weighted by Gasteiger charge is 2.12. The number of hydrogen-bond acceptors (Lipinski definition) is 4. The van der Waals surface area contributed by atoms with Crippen LogP contribution in [0.3, 0.4) is 0 Å². The molecule has 0 saturated heterocycles. The number of rotatable bonds is 11. The Kier molecular flexibility index (Phi) is 10.9. The normalized spacial score (nSPS) is 13.6. The van der Waals surface area contributed by atoms with E-state index in [0.29, 0.717) is 6.04 Å². The second-order valence-electron chi connectivity index (χ2n) is 4.89. The Labute approximate surface area is 107 Å². The van der Waals surface area contributed by atoms with Gasteiger partial charge in [-0.3, -0.25) is 4.90 Å². The molecule has 4 nitrogen and oxygen atoms in total. The van der Waals surface area contributed by atoms with Gasteiger partial charge in [0.05, 0.1) is 6.61 Å². The fourth-order valence-corrected chi connectivity index (χ4v) is 1.78. The molecule has 0 radical (unpaired) electrons. The van der Waals surface area contributed by atoms with Crippen LogP contribution < -0.4 is 5.32 Å². The van der Waals surface area contributed by atoms with Crippen LogP contribution in [0.2, 0.25) is 0 Å². The van der Waals surface area contributed by atoms with E-state index in [4.69, 9.17) is 4.74 Å². The van der Waals surface area contributed by atoms with Crippen molar-refractivity contribution in [3.05, 3.63) is 0 Å². The molecule has 0 aromatic rings. The minimum absolute atomic E-state index is 0.590. The van der Waals surface area contributed by atoms with Gasteiger partial charge in [-0.05, 0) is 34.0 Å². The van der Waals surface area contributed by atoms with Gasteiger partial charge in [-0.1, -0.05) is 6.92 Å². The fraction of sp³-hybridized carbons (Fsp3) is 1.00. The van der Waals surface area contributed by atoms with Crippen molar-refractivity contribution in [2.45, 2.75) is 26.3 Å². The molecule has 104 valence electrons. The summed E-state index contributed by atoms with van der Waals surface area (Å²) in [4.78, 5) is 4.80. The Bertz CT molecular complexity index is 165. The van der Waals surface area contributed by atoms with Gasteiger partial charge in [0, 0.05) is 39.3 Å². The molecule has 4 heteroatoms. The molecule has 0 aromatic carbocycles. The van der Waals surface area contributed by atoms with Crippen LogP contribution in [0.4, 0.5) is 0 Å². The van der Waals surface area contributed by atoms with Crippen LogP contribution in [0.5, 0.6) is 0 Å². The first-order chi connectivity index (χ1) is 8.11. The summed E-state index contributed by atoms with van der Waals surface area (Å²) in [5.41, 5.74) is 0. The smallest absolute Gasteiger partial charge is 0.0587 e. The number of nitrogens with zero attached hydrogens (tertiary/aromatic N) is 2. The predicted molar refractivity (Wildman–Crippen MR) is 74.6 cm³/mol. The topological polar surface area (TPSA) is 27.7 Å². The monoisotopic (exact) mass is 245 g/mol. The zero-order valence-corrected chi connectivity index (χ0v) is 12.3. The van der Waals surface area contributed by atoms with Crippen molar-refractivity contribution >= 4 is 0 Å². The van der Waals surface area contributed by atoms with E-state index < -0.39 is 0 Å². The molecule has 0 aliphatic heterocycles. The van der Waals surface area contributed by atoms with Crippen molar-refractivity contribution in [1.82, 2.24) is 15.1 Å². The molecule has 1 atom stereocenters. The molecule has 0 aliphatic carbocycles. The average Bonchev–Trinajstić information content (AvgIpc) is 2.29. The van der Waals surface area contributed by atoms with E-state index in [-0.39, 0.29) is 0 Å². The first kappa shape index (κ1) is 16.8. The lowest BCUT2D eigenvalue weighted by molar-refractivity contribution is 0.173. The number of nitrogens with one attached hydrogen (secondary N) is 1. The van der Waals surface area contributed by atoms with Gasteiger partial charge in [0.2, 0.25) is 0 Å². The highest BCUT2D eigenvalue weighted by Crippen LogP contribution is 2.00. The Morgan fingerprint density at radius 3 is 2.41 bits per heavy atom. The van der Waals surface area contributed by atoms with Crippen molar-refractivity contribution in [2.75, 3.05) is 60.5 Å². The quantitative estimate of drug-likeness (QED) is 0.547. The summed E-state index contributed by atoms with van der Waals surface area (Å²) >= 11 is 0. The summed E-state index contributed by atoms with van der Waals surface area (Å²) in [5.74, 6) is 0. The van der Waals surface area contributed by atoms with Crippen molar-refractivity contribution < 1.29 is 4.74 Å². The van der Waals surface area contributed by atoms with Crippen LogP contribution in [0.15, 0.2) is 0 Å². The first-order valence-corrected chi connectivity index (χ1v) is 6.70. The number of ether oxygens (including phenoxy) is 1. The minimum atomic E-state index is 0.590. The van der Waals surface area contributed by atoms with Crippen molar-refractivity contribution in [1.29, 1.82) is 0 Å². The summed E-state index contributed by atoms with van der Waals surface area (Å²) in [6.45, 7) is 10.8. The summed E-state index contributed by atoms with van der Waals surface area (Å²) in [7, 11) is 6.00. The maximum Gasteiger partial charge on any atom is 0.0587 e. The van der Waals surface area contributed by atoms with Gasteiger partial charge in [0.1, 0.15) is 0 Å². The first-order valence-electron chi connectivity index (χ1n) is 6.70. The van der Waals surface area contributed by atoms with E-state index >= 15 is 0 Å². The number of hydrogen-bond donors (Lipinski definition) is 1. The number of likely N-dealkylation sites (N-methyl/N-ethyl adjacent to an activating group) is 1. The largest absolute Gasteiger partial charge is 0.383 e. The minimum Gasteiger partial charge on any atom is -0.383 e. The molecule has 0 fully saturated rings. The van der Waals surface area contributed by atoms with Crippen molar-refractivity contribution in [3.8, 4) is 0 Å². The lowest BCUT2D eigenvalue weighted by Crippen LogP contribution is -2.44. The molecule has 1 unspecified atom stereocenters. The Morgan fingerprint density at radius 1 is 1.18 bits per heavy atom. The van der Waals surface area contributed by atoms with Gasteiger partial charge >= 0.3 is 0 Å². The molecule has 1 N–H and O–H groups in total. The average molecular weight is 245 g/mol. The van der Waals surface area contributed by atoms with Crippen LogP contribution in [0.25, 0.3) is 0 Å². The molecule has 0 spiro atoms. The standard InChI is InChI=1S/C13H31N3O/c1-6-8-16(10-9-15(3)4)13(2)12-14-7-11-17-5/h13-14H,6-12H2,1-5H3. The lowest BCUT2D eigenvalue weighted by Gasteiger charge is -2.30. The van der Waals surface area contributed by atoms with Crippen LogP contribution in [-0.2, 0) is 4.74 Å². The molecule has 0 amide bonds. The van der Waals surface area contributed by atoms with Crippen LogP contribution in [0.1, 0.15) is 20.3 Å². The Balaban J connectivity index is 3.83. The second kappa shape index (κ2) is 11.0. The van der Waals surface area contributed by atoms with Crippen LogP contribution in [0, 0.1) is 0 Å². The van der Waals surface area contributed by atoms with Crippen LogP contribution >= 0.6 is 0 Å². The van der Waals surface area contributed by atoms with Gasteiger partial charge in [-0.2, -0.15) is 0 Å². The Morgan fingerprint density at radius 2 is 1.88 bits per heavy atom. The molecule has 0 aliphatic rings. The SMILES string of the molecule is CCCN(CCN(C)C)C(C)CNCCOC. The fourth-order valence-electron chi connectivity index (χ4n) is 1.78. The molecular formula is C13H31N3O. The summed E-state index contributed by atoms with van der Waals surface area (Å²) in [5, 5.41) is 3.43. The molecule has 0 bridgehead atoms. The lowest BCUT2D eigenvalue weighted by atomic mass is 10.2. The van der Waals surface area contributed by atoms with Crippen molar-refractivity contribution in [2.24, 2.45) is 0 Å². The molecule has 0 saturated carbocycles. The van der Waals surface area contributed by atoms with Gasteiger partial charge in [-0.25, -0.2) is 0 Å². The number of methoxy groups -OCH3 is 1. The summed E-state index contributed by atoms with van der Waals surface area (Å²) < 4.78 is 5.03. The summed E-state index contributed by atoms with van der Waals surface area (Å²) in [6.07, 6.45) is 1.22. The Hall–Kier alpha value is -0.160. The van der Waals surface area contributed by atoms with E-state index in [0.717, 1.165) is 32.8 Å². The van der Waals surface area contributed by atoms with Gasteiger partial charge in [-0.15, -0.1) is 0 Å². The highest BCUT2D eigenvalue weighted by molar-refractivity contribution is 4.70. The molecule has 17 heavy (non-hydrogen) atoms. The highest BCUT2D eigenvalue weighted by atomic mass is 16.5. The molecule has 0 rings (SSSR count). The van der Waals surface area contributed by atoms with Gasteiger partial charge in [0.25, 0.3) is 0 Å².